The Balaban J connectivity index is 2.54. The highest BCUT2D eigenvalue weighted by atomic mass is 16.5. The number of likely N-dealkylation sites (tertiary alicyclic amines) is 1. The summed E-state index contributed by atoms with van der Waals surface area (Å²) in [6, 6.07) is -0.564. The van der Waals surface area contributed by atoms with E-state index in [9.17, 15) is 14.7 Å². The predicted molar refractivity (Wildman–Crippen MR) is 70.6 cm³/mol. The van der Waals surface area contributed by atoms with Crippen LogP contribution in [0.3, 0.4) is 0 Å². The standard InChI is InChI=1S/C13H24N2O4/c1-13(12(17)18)6-4-7-15(9-13)11(16)10(14)5-3-8-19-2/h10H,3-9,14H2,1-2H3,(H,17,18). The van der Waals surface area contributed by atoms with Gasteiger partial charge in [0.15, 0.2) is 0 Å². The van der Waals surface area contributed by atoms with Crippen molar-refractivity contribution >= 4 is 11.9 Å². The molecule has 0 aromatic rings. The zero-order chi connectivity index (χ0) is 14.5. The minimum absolute atomic E-state index is 0.150. The number of nitrogens with zero attached hydrogens (tertiary/aromatic N) is 1. The normalized spacial score (nSPS) is 25.1. The van der Waals surface area contributed by atoms with Gasteiger partial charge in [0.25, 0.3) is 0 Å². The molecule has 1 saturated heterocycles. The molecular formula is C13H24N2O4. The maximum atomic E-state index is 12.2. The van der Waals surface area contributed by atoms with Gasteiger partial charge in [-0.2, -0.15) is 0 Å². The van der Waals surface area contributed by atoms with E-state index in [1.165, 1.54) is 0 Å². The third-order valence-electron chi connectivity index (χ3n) is 3.71. The molecule has 0 aromatic heterocycles. The number of carboxylic acid groups (broad SMARTS) is 1. The molecule has 0 spiro atoms. The Morgan fingerprint density at radius 2 is 2.21 bits per heavy atom. The number of rotatable bonds is 6. The van der Waals surface area contributed by atoms with Crippen molar-refractivity contribution in [2.75, 3.05) is 26.8 Å². The van der Waals surface area contributed by atoms with Gasteiger partial charge in [-0.15, -0.1) is 0 Å². The Kier molecular flexibility index (Phi) is 5.75. The smallest absolute Gasteiger partial charge is 0.311 e. The molecule has 110 valence electrons. The maximum absolute atomic E-state index is 12.2. The monoisotopic (exact) mass is 272 g/mol. The molecular weight excluding hydrogens is 248 g/mol. The van der Waals surface area contributed by atoms with Crippen LogP contribution in [-0.2, 0) is 14.3 Å². The topological polar surface area (TPSA) is 92.9 Å². The zero-order valence-electron chi connectivity index (χ0n) is 11.7. The molecule has 1 aliphatic rings. The molecule has 2 atom stereocenters. The summed E-state index contributed by atoms with van der Waals surface area (Å²) in [4.78, 5) is 25.0. The van der Waals surface area contributed by atoms with Crippen molar-refractivity contribution in [2.24, 2.45) is 11.1 Å². The van der Waals surface area contributed by atoms with Crippen LogP contribution in [0.4, 0.5) is 0 Å². The lowest BCUT2D eigenvalue weighted by atomic mass is 9.82. The minimum atomic E-state index is -0.849. The first-order valence-electron chi connectivity index (χ1n) is 6.67. The van der Waals surface area contributed by atoms with Crippen molar-refractivity contribution in [1.29, 1.82) is 0 Å². The molecule has 1 fully saturated rings. The van der Waals surface area contributed by atoms with E-state index in [0.29, 0.717) is 32.4 Å². The summed E-state index contributed by atoms with van der Waals surface area (Å²) >= 11 is 0. The molecule has 0 aromatic carbocycles. The number of hydrogen-bond acceptors (Lipinski definition) is 4. The van der Waals surface area contributed by atoms with Gasteiger partial charge in [-0.3, -0.25) is 9.59 Å². The Morgan fingerprint density at radius 1 is 1.53 bits per heavy atom. The molecule has 6 heteroatoms. The van der Waals surface area contributed by atoms with Gasteiger partial charge in [0.1, 0.15) is 0 Å². The number of methoxy groups -OCH3 is 1. The molecule has 0 saturated carbocycles. The molecule has 0 bridgehead atoms. The molecule has 1 amide bonds. The number of nitrogens with two attached hydrogens (primary N) is 1. The van der Waals surface area contributed by atoms with E-state index in [2.05, 4.69) is 0 Å². The molecule has 6 nitrogen and oxygen atoms in total. The van der Waals surface area contributed by atoms with E-state index in [4.69, 9.17) is 10.5 Å². The van der Waals surface area contributed by atoms with Crippen LogP contribution in [-0.4, -0.2) is 54.7 Å². The minimum Gasteiger partial charge on any atom is -0.481 e. The van der Waals surface area contributed by atoms with E-state index in [1.807, 2.05) is 0 Å². The summed E-state index contributed by atoms with van der Waals surface area (Å²) in [5.41, 5.74) is 5.01. The quantitative estimate of drug-likeness (QED) is 0.685. The van der Waals surface area contributed by atoms with Crippen molar-refractivity contribution in [1.82, 2.24) is 4.90 Å². The van der Waals surface area contributed by atoms with E-state index < -0.39 is 17.4 Å². The summed E-state index contributed by atoms with van der Waals surface area (Å²) in [7, 11) is 1.61. The second-order valence-corrected chi connectivity index (χ2v) is 5.47. The number of carbonyl (C=O) groups excluding carboxylic acids is 1. The van der Waals surface area contributed by atoms with Crippen molar-refractivity contribution in [3.05, 3.63) is 0 Å². The van der Waals surface area contributed by atoms with Crippen LogP contribution in [0.1, 0.15) is 32.6 Å². The summed E-state index contributed by atoms with van der Waals surface area (Å²) in [5.74, 6) is -0.999. The van der Waals surface area contributed by atoms with Crippen LogP contribution in [0.25, 0.3) is 0 Å². The fourth-order valence-corrected chi connectivity index (χ4v) is 2.41. The van der Waals surface area contributed by atoms with Crippen LogP contribution in [0, 0.1) is 5.41 Å². The fraction of sp³-hybridized carbons (Fsp3) is 0.846. The third-order valence-corrected chi connectivity index (χ3v) is 3.71. The average molecular weight is 272 g/mol. The molecule has 2 unspecified atom stereocenters. The highest BCUT2D eigenvalue weighted by Gasteiger charge is 2.40. The van der Waals surface area contributed by atoms with E-state index in [0.717, 1.165) is 6.42 Å². The van der Waals surface area contributed by atoms with Gasteiger partial charge in [-0.1, -0.05) is 0 Å². The number of hydrogen-bond donors (Lipinski definition) is 2. The van der Waals surface area contributed by atoms with Gasteiger partial charge in [0.2, 0.25) is 5.91 Å². The van der Waals surface area contributed by atoms with E-state index in [1.54, 1.807) is 18.9 Å². The van der Waals surface area contributed by atoms with Crippen molar-refractivity contribution in [3.8, 4) is 0 Å². The number of carboxylic acids is 1. The van der Waals surface area contributed by atoms with Gasteiger partial charge in [0, 0.05) is 26.8 Å². The van der Waals surface area contributed by atoms with Gasteiger partial charge in [0.05, 0.1) is 11.5 Å². The second kappa shape index (κ2) is 6.86. The lowest BCUT2D eigenvalue weighted by molar-refractivity contribution is -0.153. The molecule has 0 radical (unpaired) electrons. The number of amides is 1. The largest absolute Gasteiger partial charge is 0.481 e. The lowest BCUT2D eigenvalue weighted by Gasteiger charge is -2.38. The number of aliphatic carboxylic acids is 1. The van der Waals surface area contributed by atoms with Crippen LogP contribution in [0.5, 0.6) is 0 Å². The molecule has 1 heterocycles. The number of carbonyl (C=O) groups is 2. The molecule has 1 rings (SSSR count). The summed E-state index contributed by atoms with van der Waals surface area (Å²) in [6.07, 6.45) is 2.60. The zero-order valence-corrected chi connectivity index (χ0v) is 11.7. The Morgan fingerprint density at radius 3 is 2.79 bits per heavy atom. The Hall–Kier alpha value is -1.14. The van der Waals surface area contributed by atoms with Crippen LogP contribution >= 0.6 is 0 Å². The van der Waals surface area contributed by atoms with Crippen molar-refractivity contribution in [3.63, 3.8) is 0 Å². The fourth-order valence-electron chi connectivity index (χ4n) is 2.41. The van der Waals surface area contributed by atoms with Crippen LogP contribution < -0.4 is 5.73 Å². The highest BCUT2D eigenvalue weighted by Crippen LogP contribution is 2.30. The third kappa shape index (κ3) is 4.18. The van der Waals surface area contributed by atoms with Crippen molar-refractivity contribution in [2.45, 2.75) is 38.6 Å². The van der Waals surface area contributed by atoms with Crippen molar-refractivity contribution < 1.29 is 19.4 Å². The van der Waals surface area contributed by atoms with Gasteiger partial charge in [-0.25, -0.2) is 0 Å². The Bertz CT molecular complexity index is 335. The highest BCUT2D eigenvalue weighted by molar-refractivity contribution is 5.83. The van der Waals surface area contributed by atoms with E-state index in [-0.39, 0.29) is 12.5 Å². The maximum Gasteiger partial charge on any atom is 0.311 e. The first kappa shape index (κ1) is 15.9. The van der Waals surface area contributed by atoms with Gasteiger partial charge < -0.3 is 20.5 Å². The summed E-state index contributed by atoms with van der Waals surface area (Å²) in [5, 5.41) is 9.22. The molecule has 1 aliphatic heterocycles. The van der Waals surface area contributed by atoms with Crippen LogP contribution in [0.15, 0.2) is 0 Å². The second-order valence-electron chi connectivity index (χ2n) is 5.47. The van der Waals surface area contributed by atoms with Crippen LogP contribution in [0.2, 0.25) is 0 Å². The SMILES string of the molecule is COCCCC(N)C(=O)N1CCCC(C)(C(=O)O)C1. The Labute approximate surface area is 113 Å². The first-order valence-corrected chi connectivity index (χ1v) is 6.67. The van der Waals surface area contributed by atoms with E-state index >= 15 is 0 Å². The van der Waals surface area contributed by atoms with Gasteiger partial charge in [-0.05, 0) is 32.6 Å². The molecule has 3 N–H and O–H groups in total. The lowest BCUT2D eigenvalue weighted by Crippen LogP contribution is -2.52. The predicted octanol–water partition coefficient (Wildman–Crippen LogP) is 0.454. The number of ether oxygens (including phenoxy) is 1. The number of piperidine rings is 1. The molecule has 19 heavy (non-hydrogen) atoms. The summed E-state index contributed by atoms with van der Waals surface area (Å²) < 4.78 is 4.92. The average Bonchev–Trinajstić information content (AvgIpc) is 2.38. The summed E-state index contributed by atoms with van der Waals surface area (Å²) in [6.45, 7) is 3.11. The van der Waals surface area contributed by atoms with Gasteiger partial charge >= 0.3 is 5.97 Å². The first-order chi connectivity index (χ1) is 8.90. The molecule has 0 aliphatic carbocycles.